The predicted molar refractivity (Wildman–Crippen MR) is 99.8 cm³/mol. The fraction of sp³-hybridized carbons (Fsp3) is 0.381. The molecule has 1 atom stereocenters. The van der Waals surface area contributed by atoms with Crippen LogP contribution in [0.5, 0.6) is 11.5 Å². The van der Waals surface area contributed by atoms with Crippen LogP contribution in [-0.2, 0) is 13.0 Å². The Kier molecular flexibility index (Phi) is 5.07. The standard InChI is InChI=1S/C21H25NO4/c1-21(2,3)22(20(23)24)16-12-17-18(10-7-11-19(17)26-14-16)25-13-15-8-5-4-6-9-15/h4-11,16H,12-14H2,1-3H3,(H,23,24). The van der Waals surface area contributed by atoms with Crippen LogP contribution in [0.25, 0.3) is 0 Å². The number of hydrogen-bond acceptors (Lipinski definition) is 3. The molecule has 138 valence electrons. The van der Waals surface area contributed by atoms with Crippen LogP contribution in [0.1, 0.15) is 31.9 Å². The first-order valence-electron chi connectivity index (χ1n) is 8.80. The van der Waals surface area contributed by atoms with E-state index in [-0.39, 0.29) is 6.04 Å². The number of rotatable bonds is 4. The highest BCUT2D eigenvalue weighted by Gasteiger charge is 2.36. The number of carboxylic acid groups (broad SMARTS) is 1. The van der Waals surface area contributed by atoms with Gasteiger partial charge in [0, 0.05) is 17.5 Å². The van der Waals surface area contributed by atoms with Gasteiger partial charge in [0.05, 0.1) is 6.04 Å². The third kappa shape index (κ3) is 3.93. The summed E-state index contributed by atoms with van der Waals surface area (Å²) in [6.07, 6.45) is -0.360. The Labute approximate surface area is 154 Å². The summed E-state index contributed by atoms with van der Waals surface area (Å²) < 4.78 is 11.9. The van der Waals surface area contributed by atoms with E-state index in [2.05, 4.69) is 0 Å². The summed E-state index contributed by atoms with van der Waals surface area (Å²) in [6.45, 7) is 6.50. The molecule has 1 aliphatic heterocycles. The third-order valence-electron chi connectivity index (χ3n) is 4.49. The van der Waals surface area contributed by atoms with Gasteiger partial charge in [-0.15, -0.1) is 0 Å². The lowest BCUT2D eigenvalue weighted by Crippen LogP contribution is -2.55. The van der Waals surface area contributed by atoms with Gasteiger partial charge in [-0.1, -0.05) is 36.4 Å². The van der Waals surface area contributed by atoms with Gasteiger partial charge in [-0.3, -0.25) is 4.90 Å². The number of carbonyl (C=O) groups is 1. The summed E-state index contributed by atoms with van der Waals surface area (Å²) in [7, 11) is 0. The molecule has 0 fully saturated rings. The smallest absolute Gasteiger partial charge is 0.408 e. The van der Waals surface area contributed by atoms with E-state index in [9.17, 15) is 9.90 Å². The van der Waals surface area contributed by atoms with E-state index >= 15 is 0 Å². The summed E-state index contributed by atoms with van der Waals surface area (Å²) in [5.41, 5.74) is 1.51. The van der Waals surface area contributed by atoms with Crippen molar-refractivity contribution in [3.8, 4) is 11.5 Å². The average molecular weight is 355 g/mol. The molecule has 2 aromatic carbocycles. The van der Waals surface area contributed by atoms with E-state index in [1.54, 1.807) is 0 Å². The quantitative estimate of drug-likeness (QED) is 0.886. The normalized spacial score (nSPS) is 16.3. The van der Waals surface area contributed by atoms with E-state index in [0.29, 0.717) is 19.6 Å². The van der Waals surface area contributed by atoms with Gasteiger partial charge in [0.25, 0.3) is 0 Å². The van der Waals surface area contributed by atoms with Crippen LogP contribution in [0.2, 0.25) is 0 Å². The van der Waals surface area contributed by atoms with Crippen molar-refractivity contribution in [3.63, 3.8) is 0 Å². The highest BCUT2D eigenvalue weighted by molar-refractivity contribution is 5.67. The molecule has 3 rings (SSSR count). The number of ether oxygens (including phenoxy) is 2. The Morgan fingerprint density at radius 2 is 1.92 bits per heavy atom. The molecular weight excluding hydrogens is 330 g/mol. The molecule has 0 aliphatic carbocycles. The zero-order chi connectivity index (χ0) is 18.7. The van der Waals surface area contributed by atoms with Crippen LogP contribution in [0.4, 0.5) is 4.79 Å². The number of amides is 1. The van der Waals surface area contributed by atoms with Gasteiger partial charge in [0.1, 0.15) is 24.7 Å². The van der Waals surface area contributed by atoms with Gasteiger partial charge >= 0.3 is 6.09 Å². The van der Waals surface area contributed by atoms with Crippen LogP contribution in [0, 0.1) is 0 Å². The summed E-state index contributed by atoms with van der Waals surface area (Å²) in [5.74, 6) is 1.52. The molecule has 0 radical (unpaired) electrons. The maximum absolute atomic E-state index is 11.8. The molecule has 0 spiro atoms. The van der Waals surface area contributed by atoms with Crippen molar-refractivity contribution in [3.05, 3.63) is 59.7 Å². The van der Waals surface area contributed by atoms with E-state index in [1.807, 2.05) is 69.3 Å². The minimum atomic E-state index is -0.933. The summed E-state index contributed by atoms with van der Waals surface area (Å²) >= 11 is 0. The Morgan fingerprint density at radius 3 is 2.58 bits per heavy atom. The topological polar surface area (TPSA) is 59.0 Å². The van der Waals surface area contributed by atoms with Crippen LogP contribution >= 0.6 is 0 Å². The average Bonchev–Trinajstić information content (AvgIpc) is 2.59. The first-order valence-corrected chi connectivity index (χ1v) is 8.80. The second-order valence-electron chi connectivity index (χ2n) is 7.50. The molecule has 1 aliphatic rings. The summed E-state index contributed by atoms with van der Waals surface area (Å²) in [6, 6.07) is 15.4. The van der Waals surface area contributed by atoms with Crippen molar-refractivity contribution >= 4 is 6.09 Å². The Hall–Kier alpha value is -2.69. The van der Waals surface area contributed by atoms with E-state index in [0.717, 1.165) is 22.6 Å². The predicted octanol–water partition coefficient (Wildman–Crippen LogP) is 4.35. The van der Waals surface area contributed by atoms with Crippen LogP contribution in [-0.4, -0.2) is 34.3 Å². The van der Waals surface area contributed by atoms with Crippen LogP contribution in [0.3, 0.4) is 0 Å². The number of hydrogen-bond donors (Lipinski definition) is 1. The van der Waals surface area contributed by atoms with Crippen molar-refractivity contribution in [1.82, 2.24) is 4.90 Å². The minimum Gasteiger partial charge on any atom is -0.491 e. The van der Waals surface area contributed by atoms with E-state index in [4.69, 9.17) is 9.47 Å². The fourth-order valence-corrected chi connectivity index (χ4v) is 3.39. The van der Waals surface area contributed by atoms with Gasteiger partial charge in [0.15, 0.2) is 0 Å². The van der Waals surface area contributed by atoms with Gasteiger partial charge in [-0.25, -0.2) is 4.79 Å². The zero-order valence-corrected chi connectivity index (χ0v) is 15.4. The molecule has 1 N–H and O–H groups in total. The van der Waals surface area contributed by atoms with Crippen molar-refractivity contribution in [2.24, 2.45) is 0 Å². The molecule has 0 saturated carbocycles. The molecule has 0 saturated heterocycles. The third-order valence-corrected chi connectivity index (χ3v) is 4.49. The van der Waals surface area contributed by atoms with Crippen LogP contribution < -0.4 is 9.47 Å². The number of benzene rings is 2. The molecule has 2 aromatic rings. The zero-order valence-electron chi connectivity index (χ0n) is 15.4. The Bertz CT molecular complexity index is 767. The maximum Gasteiger partial charge on any atom is 0.408 e. The van der Waals surface area contributed by atoms with Crippen molar-refractivity contribution < 1.29 is 19.4 Å². The van der Waals surface area contributed by atoms with Gasteiger partial charge < -0.3 is 14.6 Å². The van der Waals surface area contributed by atoms with Gasteiger partial charge in [0.2, 0.25) is 0 Å². The molecule has 26 heavy (non-hydrogen) atoms. The first-order chi connectivity index (χ1) is 12.4. The molecule has 5 nitrogen and oxygen atoms in total. The largest absolute Gasteiger partial charge is 0.491 e. The van der Waals surface area contributed by atoms with E-state index in [1.165, 1.54) is 4.90 Å². The highest BCUT2D eigenvalue weighted by atomic mass is 16.5. The molecule has 1 heterocycles. The second-order valence-corrected chi connectivity index (χ2v) is 7.50. The first kappa shape index (κ1) is 18.1. The SMILES string of the molecule is CC(C)(C)N(C(=O)O)C1COc2cccc(OCc3ccccc3)c2C1. The minimum absolute atomic E-state index is 0.249. The van der Waals surface area contributed by atoms with Gasteiger partial charge in [-0.05, 0) is 38.5 Å². The molecular formula is C21H25NO4. The van der Waals surface area contributed by atoms with Crippen LogP contribution in [0.15, 0.2) is 48.5 Å². The highest BCUT2D eigenvalue weighted by Crippen LogP contribution is 2.35. The molecule has 1 unspecified atom stereocenters. The lowest BCUT2D eigenvalue weighted by atomic mass is 9.96. The van der Waals surface area contributed by atoms with Crippen molar-refractivity contribution in [2.75, 3.05) is 6.61 Å². The van der Waals surface area contributed by atoms with Crippen molar-refractivity contribution in [1.29, 1.82) is 0 Å². The molecule has 0 aromatic heterocycles. The van der Waals surface area contributed by atoms with Gasteiger partial charge in [-0.2, -0.15) is 0 Å². The Balaban J connectivity index is 1.82. The fourth-order valence-electron chi connectivity index (χ4n) is 3.39. The van der Waals surface area contributed by atoms with E-state index < -0.39 is 11.6 Å². The lowest BCUT2D eigenvalue weighted by molar-refractivity contribution is 0.0445. The molecule has 5 heteroatoms. The Morgan fingerprint density at radius 1 is 1.19 bits per heavy atom. The molecule has 0 bridgehead atoms. The number of fused-ring (bicyclic) bond motifs is 1. The molecule has 1 amide bonds. The monoisotopic (exact) mass is 355 g/mol. The lowest BCUT2D eigenvalue weighted by Gasteiger charge is -2.41. The summed E-state index contributed by atoms with van der Waals surface area (Å²) in [5, 5.41) is 9.67. The number of nitrogens with zero attached hydrogens (tertiary/aromatic N) is 1. The second kappa shape index (κ2) is 7.28. The summed E-state index contributed by atoms with van der Waals surface area (Å²) in [4.78, 5) is 13.3. The maximum atomic E-state index is 11.8. The van der Waals surface area contributed by atoms with Crippen molar-refractivity contribution in [2.45, 2.75) is 45.4 Å².